The van der Waals surface area contributed by atoms with Crippen LogP contribution in [0.5, 0.6) is 0 Å². The van der Waals surface area contributed by atoms with Crippen LogP contribution in [0.15, 0.2) is 68.6 Å². The Morgan fingerprint density at radius 2 is 1.39 bits per heavy atom. The molecule has 7 aliphatic rings. The highest BCUT2D eigenvalue weighted by molar-refractivity contribution is 8.04. The molecular formula is C36H30N6O2S2. The second kappa shape index (κ2) is 11.2. The Morgan fingerprint density at radius 1 is 0.739 bits per heavy atom. The lowest BCUT2D eigenvalue weighted by Gasteiger charge is -2.50. The molecule has 0 amide bonds. The molecule has 46 heavy (non-hydrogen) atoms. The summed E-state index contributed by atoms with van der Waals surface area (Å²) in [5, 5.41) is 39.0. The zero-order chi connectivity index (χ0) is 31.5. The number of rotatable bonds is 2. The zero-order valence-corrected chi connectivity index (χ0v) is 26.8. The van der Waals surface area contributed by atoms with Crippen LogP contribution in [0.1, 0.15) is 74.6 Å². The fraction of sp³-hybridized carbons (Fsp3) is 0.444. The molecule has 1 saturated heterocycles. The van der Waals surface area contributed by atoms with Gasteiger partial charge in [0.25, 0.3) is 0 Å². The molecule has 8 nitrogen and oxygen atoms in total. The van der Waals surface area contributed by atoms with E-state index in [2.05, 4.69) is 40.4 Å². The minimum absolute atomic E-state index is 0.0787. The van der Waals surface area contributed by atoms with Crippen molar-refractivity contribution in [2.75, 3.05) is 0 Å². The SMILES string of the molecule is N#CC(C#N)=NC1=CC2C(S1)C1=CC3C=C4OC5(CCCCC5)c5cc(N=C(C#N)C#N)sc5C4=CC3C=C1OC21CCCCC1. The first-order valence-corrected chi connectivity index (χ1v) is 17.7. The van der Waals surface area contributed by atoms with Gasteiger partial charge in [-0.1, -0.05) is 36.8 Å². The number of nitrogens with zero attached hydrogens (tertiary/aromatic N) is 6. The highest BCUT2D eigenvalue weighted by atomic mass is 32.2. The van der Waals surface area contributed by atoms with Crippen molar-refractivity contribution in [3.05, 3.63) is 69.0 Å². The molecule has 4 aliphatic carbocycles. The van der Waals surface area contributed by atoms with Gasteiger partial charge in [0.15, 0.2) is 0 Å². The van der Waals surface area contributed by atoms with Crippen LogP contribution in [0.3, 0.4) is 0 Å². The van der Waals surface area contributed by atoms with E-state index in [0.29, 0.717) is 5.00 Å². The van der Waals surface area contributed by atoms with E-state index < -0.39 is 5.60 Å². The van der Waals surface area contributed by atoms with E-state index in [9.17, 15) is 21.0 Å². The number of allylic oxidation sites excluding steroid dienone is 6. The maximum absolute atomic E-state index is 9.37. The number of thiophene rings is 1. The fourth-order valence-electron chi connectivity index (χ4n) is 8.45. The Hall–Kier alpha value is -4.35. The van der Waals surface area contributed by atoms with Gasteiger partial charge < -0.3 is 9.47 Å². The normalized spacial score (nSPS) is 28.7. The predicted octanol–water partition coefficient (Wildman–Crippen LogP) is 8.19. The largest absolute Gasteiger partial charge is 0.487 e. The Bertz CT molecular complexity index is 1890. The number of fused-ring (bicyclic) bond motifs is 9. The number of nitriles is 4. The van der Waals surface area contributed by atoms with Crippen molar-refractivity contribution in [1.82, 2.24) is 0 Å². The van der Waals surface area contributed by atoms with Gasteiger partial charge in [-0.05, 0) is 75.7 Å². The minimum Gasteiger partial charge on any atom is -0.487 e. The van der Waals surface area contributed by atoms with Gasteiger partial charge in [-0.15, -0.1) is 11.3 Å². The maximum Gasteiger partial charge on any atom is 0.219 e. The van der Waals surface area contributed by atoms with Gasteiger partial charge in [-0.25, -0.2) is 9.98 Å². The van der Waals surface area contributed by atoms with Gasteiger partial charge in [0.2, 0.25) is 11.4 Å². The van der Waals surface area contributed by atoms with Crippen molar-refractivity contribution in [2.24, 2.45) is 27.7 Å². The third-order valence-electron chi connectivity index (χ3n) is 10.5. The van der Waals surface area contributed by atoms with Crippen molar-refractivity contribution in [2.45, 2.75) is 80.7 Å². The second-order valence-corrected chi connectivity index (χ2v) is 15.3. The summed E-state index contributed by atoms with van der Waals surface area (Å²) in [6.07, 6.45) is 21.9. The van der Waals surface area contributed by atoms with Crippen LogP contribution < -0.4 is 0 Å². The van der Waals surface area contributed by atoms with E-state index in [0.717, 1.165) is 89.5 Å². The van der Waals surface area contributed by atoms with Crippen molar-refractivity contribution in [3.63, 3.8) is 0 Å². The van der Waals surface area contributed by atoms with Gasteiger partial charge in [0.05, 0.1) is 5.03 Å². The van der Waals surface area contributed by atoms with Crippen LogP contribution in [-0.2, 0) is 15.1 Å². The average molecular weight is 643 g/mol. The van der Waals surface area contributed by atoms with Crippen molar-refractivity contribution in [3.8, 4) is 24.3 Å². The van der Waals surface area contributed by atoms with E-state index in [1.165, 1.54) is 24.2 Å². The zero-order valence-electron chi connectivity index (χ0n) is 25.2. The van der Waals surface area contributed by atoms with Crippen LogP contribution in [0.2, 0.25) is 0 Å². The minimum atomic E-state index is -0.431. The molecule has 3 fully saturated rings. The topological polar surface area (TPSA) is 138 Å². The van der Waals surface area contributed by atoms with E-state index in [1.54, 1.807) is 11.8 Å². The molecule has 2 spiro atoms. The summed E-state index contributed by atoms with van der Waals surface area (Å²) in [6.45, 7) is 0. The van der Waals surface area contributed by atoms with Crippen LogP contribution in [0.4, 0.5) is 5.00 Å². The quantitative estimate of drug-likeness (QED) is 0.296. The number of hydrogen-bond acceptors (Lipinski definition) is 10. The lowest BCUT2D eigenvalue weighted by molar-refractivity contribution is -0.0713. The molecule has 4 unspecified atom stereocenters. The molecule has 1 aromatic heterocycles. The molecule has 0 radical (unpaired) electrons. The lowest BCUT2D eigenvalue weighted by atomic mass is 9.68. The van der Waals surface area contributed by atoms with E-state index in [1.807, 2.05) is 30.3 Å². The van der Waals surface area contributed by atoms with Gasteiger partial charge in [-0.3, -0.25) is 0 Å². The third-order valence-corrected chi connectivity index (χ3v) is 12.9. The van der Waals surface area contributed by atoms with Crippen molar-refractivity contribution >= 4 is 45.1 Å². The summed E-state index contributed by atoms with van der Waals surface area (Å²) >= 11 is 3.18. The predicted molar refractivity (Wildman–Crippen MR) is 176 cm³/mol. The lowest BCUT2D eigenvalue weighted by Crippen LogP contribution is -2.50. The van der Waals surface area contributed by atoms with E-state index >= 15 is 0 Å². The monoisotopic (exact) mass is 642 g/mol. The summed E-state index contributed by atoms with van der Waals surface area (Å²) in [6, 6.07) is 9.66. The highest BCUT2D eigenvalue weighted by Gasteiger charge is 2.55. The molecule has 2 saturated carbocycles. The van der Waals surface area contributed by atoms with Crippen LogP contribution >= 0.6 is 23.1 Å². The average Bonchev–Trinajstić information content (AvgIpc) is 3.72. The van der Waals surface area contributed by atoms with Crippen LogP contribution in [0.25, 0.3) is 5.57 Å². The van der Waals surface area contributed by atoms with Gasteiger partial charge in [0.1, 0.15) is 52.0 Å². The molecule has 1 aromatic rings. The number of ether oxygens (including phenoxy) is 2. The Balaban J connectivity index is 1.20. The van der Waals surface area contributed by atoms with E-state index in [4.69, 9.17) is 9.47 Å². The summed E-state index contributed by atoms with van der Waals surface area (Å²) in [5.41, 5.74) is 2.33. The molecular weight excluding hydrogens is 613 g/mol. The van der Waals surface area contributed by atoms with Crippen molar-refractivity contribution < 1.29 is 9.47 Å². The molecule has 8 rings (SSSR count). The van der Waals surface area contributed by atoms with Crippen LogP contribution in [0, 0.1) is 63.1 Å². The molecule has 0 aromatic carbocycles. The number of hydrogen-bond donors (Lipinski definition) is 0. The molecule has 228 valence electrons. The Morgan fingerprint density at radius 3 is 2.11 bits per heavy atom. The Kier molecular flexibility index (Phi) is 7.06. The van der Waals surface area contributed by atoms with Gasteiger partial charge in [0, 0.05) is 44.6 Å². The third kappa shape index (κ3) is 4.59. The first-order chi connectivity index (χ1) is 22.5. The standard InChI is InChI=1S/C36H30N6O2S2/c37-17-23(18-38)41-31-15-27-33(45-31)25-11-22-14-30-26(12-21(22)13-29(25)43-35(27)7-3-1-4-8-35)34-28(36(44-30)9-5-2-6-10-36)16-32(46-34)42-24(19-39)20-40/h11-16,21-22,27,33H,1-10H2. The Labute approximate surface area is 276 Å². The van der Waals surface area contributed by atoms with Crippen molar-refractivity contribution in [1.29, 1.82) is 21.0 Å². The molecule has 3 aliphatic heterocycles. The number of thioether (sulfide) groups is 1. The van der Waals surface area contributed by atoms with Gasteiger partial charge >= 0.3 is 0 Å². The van der Waals surface area contributed by atoms with E-state index in [-0.39, 0.29) is 40.0 Å². The molecule has 4 atom stereocenters. The van der Waals surface area contributed by atoms with Gasteiger partial charge in [-0.2, -0.15) is 21.0 Å². The molecule has 0 N–H and O–H groups in total. The molecule has 4 heterocycles. The maximum atomic E-state index is 9.37. The molecule has 10 heteroatoms. The first kappa shape index (κ1) is 29.1. The van der Waals surface area contributed by atoms with Crippen LogP contribution in [-0.4, -0.2) is 22.3 Å². The number of aliphatic imine (C=N–C) groups is 2. The smallest absolute Gasteiger partial charge is 0.219 e. The summed E-state index contributed by atoms with van der Waals surface area (Å²) in [4.78, 5) is 9.92. The fourth-order valence-corrected chi connectivity index (χ4v) is 11.0. The summed E-state index contributed by atoms with van der Waals surface area (Å²) < 4.78 is 14.1. The second-order valence-electron chi connectivity index (χ2n) is 13.1. The highest BCUT2D eigenvalue weighted by Crippen LogP contribution is 2.60. The molecule has 0 bridgehead atoms. The first-order valence-electron chi connectivity index (χ1n) is 16.0. The summed E-state index contributed by atoms with van der Waals surface area (Å²) in [7, 11) is 0. The summed E-state index contributed by atoms with van der Waals surface area (Å²) in [5.74, 6) is 2.13.